The topological polar surface area (TPSA) is 137 Å². The SMILES string of the molecule is COc1cccc(C(=O)NCC(=O)O[C@@H](C(=O)NC(N)=O)C(C)C)c1. The Labute approximate surface area is 144 Å². The van der Waals surface area contributed by atoms with E-state index in [0.717, 1.165) is 0 Å². The number of primary amides is 1. The van der Waals surface area contributed by atoms with Crippen LogP contribution in [0, 0.1) is 5.92 Å². The fourth-order valence-electron chi connectivity index (χ4n) is 1.89. The average Bonchev–Trinajstić information content (AvgIpc) is 2.56. The van der Waals surface area contributed by atoms with Crippen molar-refractivity contribution in [2.75, 3.05) is 13.7 Å². The lowest BCUT2D eigenvalue weighted by atomic mass is 10.1. The molecule has 0 bridgehead atoms. The molecule has 0 aromatic heterocycles. The second kappa shape index (κ2) is 9.26. The smallest absolute Gasteiger partial charge is 0.326 e. The molecule has 9 nitrogen and oxygen atoms in total. The molecular weight excluding hydrogens is 330 g/mol. The normalized spacial score (nSPS) is 11.4. The van der Waals surface area contributed by atoms with E-state index < -0.39 is 42.4 Å². The Hall–Kier alpha value is -3.10. The van der Waals surface area contributed by atoms with E-state index in [1.165, 1.54) is 13.2 Å². The number of nitrogens with one attached hydrogen (secondary N) is 2. The molecule has 0 aliphatic carbocycles. The highest BCUT2D eigenvalue weighted by molar-refractivity contribution is 5.98. The van der Waals surface area contributed by atoms with Crippen molar-refractivity contribution in [3.8, 4) is 5.75 Å². The lowest BCUT2D eigenvalue weighted by Crippen LogP contribution is -2.46. The van der Waals surface area contributed by atoms with E-state index in [1.807, 2.05) is 5.32 Å². The van der Waals surface area contributed by atoms with Crippen LogP contribution in [0.1, 0.15) is 24.2 Å². The maximum atomic E-state index is 12.0. The first-order chi connectivity index (χ1) is 11.7. The van der Waals surface area contributed by atoms with E-state index in [2.05, 4.69) is 5.32 Å². The summed E-state index contributed by atoms with van der Waals surface area (Å²) in [5, 5.41) is 4.24. The Kier molecular flexibility index (Phi) is 7.39. The predicted molar refractivity (Wildman–Crippen MR) is 87.8 cm³/mol. The number of nitrogens with two attached hydrogens (primary N) is 1. The number of esters is 1. The first-order valence-electron chi connectivity index (χ1n) is 7.46. The standard InChI is InChI=1S/C16H21N3O6/c1-9(2)13(15(22)19-16(17)23)25-12(20)8-18-14(21)10-5-4-6-11(7-10)24-3/h4-7,9,13H,8H2,1-3H3,(H,18,21)(H3,17,19,22,23)/t13-/m1/s1. The molecule has 9 heteroatoms. The molecule has 0 fully saturated rings. The number of hydrogen-bond donors (Lipinski definition) is 3. The third-order valence-corrected chi connectivity index (χ3v) is 3.09. The van der Waals surface area contributed by atoms with Crippen molar-refractivity contribution in [1.82, 2.24) is 10.6 Å². The van der Waals surface area contributed by atoms with E-state index in [4.69, 9.17) is 15.2 Å². The molecule has 0 radical (unpaired) electrons. The van der Waals surface area contributed by atoms with Gasteiger partial charge in [0, 0.05) is 5.56 Å². The van der Waals surface area contributed by atoms with Gasteiger partial charge in [0.05, 0.1) is 7.11 Å². The van der Waals surface area contributed by atoms with E-state index in [1.54, 1.807) is 32.0 Å². The minimum atomic E-state index is -1.20. The highest BCUT2D eigenvalue weighted by atomic mass is 16.5. The minimum Gasteiger partial charge on any atom is -0.497 e. The highest BCUT2D eigenvalue weighted by Crippen LogP contribution is 2.12. The van der Waals surface area contributed by atoms with E-state index in [-0.39, 0.29) is 0 Å². The second-order valence-electron chi connectivity index (χ2n) is 5.42. The Morgan fingerprint density at radius 3 is 2.44 bits per heavy atom. The lowest BCUT2D eigenvalue weighted by molar-refractivity contribution is -0.157. The number of carbonyl (C=O) groups is 4. The van der Waals surface area contributed by atoms with Gasteiger partial charge in [0.2, 0.25) is 0 Å². The molecule has 0 aliphatic rings. The van der Waals surface area contributed by atoms with Gasteiger partial charge >= 0.3 is 12.0 Å². The first kappa shape index (κ1) is 19.9. The van der Waals surface area contributed by atoms with Gasteiger partial charge in [0.1, 0.15) is 12.3 Å². The molecular formula is C16H21N3O6. The maximum absolute atomic E-state index is 12.0. The van der Waals surface area contributed by atoms with E-state index in [0.29, 0.717) is 11.3 Å². The Morgan fingerprint density at radius 1 is 1.20 bits per heavy atom. The lowest BCUT2D eigenvalue weighted by Gasteiger charge is -2.19. The first-order valence-corrected chi connectivity index (χ1v) is 7.46. The van der Waals surface area contributed by atoms with E-state index in [9.17, 15) is 19.2 Å². The van der Waals surface area contributed by atoms with Crippen LogP contribution in [0.4, 0.5) is 4.79 Å². The van der Waals surface area contributed by atoms with Crippen LogP contribution in [-0.2, 0) is 14.3 Å². The molecule has 0 saturated carbocycles. The summed E-state index contributed by atoms with van der Waals surface area (Å²) in [6.07, 6.45) is -1.20. The summed E-state index contributed by atoms with van der Waals surface area (Å²) in [5.41, 5.74) is 5.17. The fourth-order valence-corrected chi connectivity index (χ4v) is 1.89. The van der Waals surface area contributed by atoms with Crippen LogP contribution in [0.25, 0.3) is 0 Å². The van der Waals surface area contributed by atoms with Crippen molar-refractivity contribution < 1.29 is 28.7 Å². The van der Waals surface area contributed by atoms with Crippen LogP contribution in [0.2, 0.25) is 0 Å². The van der Waals surface area contributed by atoms with Gasteiger partial charge in [-0.25, -0.2) is 4.79 Å². The molecule has 136 valence electrons. The summed E-state index contributed by atoms with van der Waals surface area (Å²) in [7, 11) is 1.47. The molecule has 1 aromatic carbocycles. The van der Waals surface area contributed by atoms with Crippen LogP contribution in [0.3, 0.4) is 0 Å². The molecule has 0 saturated heterocycles. The van der Waals surface area contributed by atoms with Gasteiger partial charge in [-0.15, -0.1) is 0 Å². The van der Waals surface area contributed by atoms with Crippen molar-refractivity contribution in [2.24, 2.45) is 11.7 Å². The zero-order valence-corrected chi connectivity index (χ0v) is 14.2. The number of urea groups is 1. The number of benzene rings is 1. The minimum absolute atomic E-state index is 0.305. The third-order valence-electron chi connectivity index (χ3n) is 3.09. The number of hydrogen-bond acceptors (Lipinski definition) is 6. The molecule has 4 N–H and O–H groups in total. The number of imide groups is 1. The predicted octanol–water partition coefficient (Wildman–Crippen LogP) is 0.188. The van der Waals surface area contributed by atoms with Crippen molar-refractivity contribution in [1.29, 1.82) is 0 Å². The fraction of sp³-hybridized carbons (Fsp3) is 0.375. The van der Waals surface area contributed by atoms with Crippen LogP contribution >= 0.6 is 0 Å². The average molecular weight is 351 g/mol. The van der Waals surface area contributed by atoms with E-state index >= 15 is 0 Å². The van der Waals surface area contributed by atoms with Crippen molar-refractivity contribution in [2.45, 2.75) is 20.0 Å². The summed E-state index contributed by atoms with van der Waals surface area (Å²) in [6.45, 7) is 2.82. The summed E-state index contributed by atoms with van der Waals surface area (Å²) < 4.78 is 10.0. The quantitative estimate of drug-likeness (QED) is 0.600. The molecule has 1 aromatic rings. The summed E-state index contributed by atoms with van der Waals surface area (Å²) in [5.74, 6) is -2.04. The molecule has 0 aliphatic heterocycles. The largest absolute Gasteiger partial charge is 0.497 e. The number of methoxy groups -OCH3 is 1. The molecule has 25 heavy (non-hydrogen) atoms. The number of carbonyl (C=O) groups excluding carboxylic acids is 4. The summed E-state index contributed by atoms with van der Waals surface area (Å²) in [6, 6.07) is 5.33. The van der Waals surface area contributed by atoms with Crippen LogP contribution < -0.4 is 21.1 Å². The van der Waals surface area contributed by atoms with Gasteiger partial charge in [-0.05, 0) is 24.1 Å². The number of amides is 4. The monoisotopic (exact) mass is 351 g/mol. The Bertz CT molecular complexity index is 659. The van der Waals surface area contributed by atoms with Crippen molar-refractivity contribution in [3.63, 3.8) is 0 Å². The van der Waals surface area contributed by atoms with Crippen LogP contribution in [0.5, 0.6) is 5.75 Å². The van der Waals surface area contributed by atoms with Gasteiger partial charge < -0.3 is 20.5 Å². The third kappa shape index (κ3) is 6.50. The number of ether oxygens (including phenoxy) is 2. The van der Waals surface area contributed by atoms with Crippen molar-refractivity contribution in [3.05, 3.63) is 29.8 Å². The molecule has 4 amide bonds. The zero-order valence-electron chi connectivity index (χ0n) is 14.2. The molecule has 1 rings (SSSR count). The van der Waals surface area contributed by atoms with Crippen molar-refractivity contribution >= 4 is 23.8 Å². The van der Waals surface area contributed by atoms with Gasteiger partial charge in [0.25, 0.3) is 11.8 Å². The molecule has 0 unspecified atom stereocenters. The Morgan fingerprint density at radius 2 is 1.88 bits per heavy atom. The molecule has 1 atom stereocenters. The van der Waals surface area contributed by atoms with Gasteiger partial charge in [-0.3, -0.25) is 19.7 Å². The Balaban J connectivity index is 2.60. The van der Waals surface area contributed by atoms with Crippen LogP contribution in [0.15, 0.2) is 24.3 Å². The molecule has 0 spiro atoms. The van der Waals surface area contributed by atoms with Crippen LogP contribution in [-0.4, -0.2) is 43.6 Å². The maximum Gasteiger partial charge on any atom is 0.326 e. The summed E-state index contributed by atoms with van der Waals surface area (Å²) in [4.78, 5) is 46.4. The highest BCUT2D eigenvalue weighted by Gasteiger charge is 2.27. The summed E-state index contributed by atoms with van der Waals surface area (Å²) >= 11 is 0. The van der Waals surface area contributed by atoms with Gasteiger partial charge in [0.15, 0.2) is 6.10 Å². The van der Waals surface area contributed by atoms with Gasteiger partial charge in [-0.2, -0.15) is 0 Å². The second-order valence-corrected chi connectivity index (χ2v) is 5.42. The molecule has 0 heterocycles. The number of rotatable bonds is 7. The zero-order chi connectivity index (χ0) is 19.0. The van der Waals surface area contributed by atoms with Gasteiger partial charge in [-0.1, -0.05) is 19.9 Å².